The molecule has 0 atom stereocenters. The molecule has 1 spiro atoms. The van der Waals surface area contributed by atoms with Gasteiger partial charge < -0.3 is 9.47 Å². The molecule has 0 N–H and O–H groups in total. The summed E-state index contributed by atoms with van der Waals surface area (Å²) in [6.07, 6.45) is 2.29. The van der Waals surface area contributed by atoms with Crippen LogP contribution in [0.4, 0.5) is 0 Å². The van der Waals surface area contributed by atoms with Crippen LogP contribution in [-0.4, -0.2) is 17.3 Å². The zero-order chi connectivity index (χ0) is 22.6. The van der Waals surface area contributed by atoms with Crippen LogP contribution in [0.1, 0.15) is 76.6 Å². The lowest BCUT2D eigenvalue weighted by Gasteiger charge is -2.51. The summed E-state index contributed by atoms with van der Waals surface area (Å²) in [5.74, 6) is 2.07. The van der Waals surface area contributed by atoms with Gasteiger partial charge in [-0.15, -0.1) is 23.5 Å². The molecule has 4 rings (SSSR count). The van der Waals surface area contributed by atoms with E-state index in [1.807, 2.05) is 0 Å². The number of thioether (sulfide) groups is 2. The third kappa shape index (κ3) is 4.11. The maximum absolute atomic E-state index is 5.93. The second-order valence-corrected chi connectivity index (χ2v) is 13.4. The van der Waals surface area contributed by atoms with Crippen molar-refractivity contribution < 1.29 is 9.47 Å². The van der Waals surface area contributed by atoms with E-state index < -0.39 is 0 Å². The normalized spacial score (nSPS) is 20.1. The van der Waals surface area contributed by atoms with E-state index in [4.69, 9.17) is 9.47 Å². The van der Waals surface area contributed by atoms with Gasteiger partial charge in [0, 0.05) is 9.79 Å². The quantitative estimate of drug-likeness (QED) is 0.463. The average Bonchev–Trinajstić information content (AvgIpc) is 2.63. The predicted molar refractivity (Wildman–Crippen MR) is 134 cm³/mol. The van der Waals surface area contributed by atoms with Gasteiger partial charge >= 0.3 is 0 Å². The van der Waals surface area contributed by atoms with Gasteiger partial charge in [-0.05, 0) is 97.9 Å². The van der Waals surface area contributed by atoms with E-state index in [1.165, 1.54) is 32.0 Å². The van der Waals surface area contributed by atoms with Crippen molar-refractivity contribution in [2.24, 2.45) is 0 Å². The van der Waals surface area contributed by atoms with Crippen molar-refractivity contribution in [3.05, 3.63) is 46.5 Å². The topological polar surface area (TPSA) is 18.5 Å². The highest BCUT2D eigenvalue weighted by Crippen LogP contribution is 2.65. The Morgan fingerprint density at radius 3 is 1.45 bits per heavy atom. The number of rotatable bonds is 4. The number of hydrogen-bond donors (Lipinski definition) is 0. The Kier molecular flexibility index (Phi) is 5.88. The summed E-state index contributed by atoms with van der Waals surface area (Å²) in [6.45, 7) is 19.5. The van der Waals surface area contributed by atoms with Crippen molar-refractivity contribution in [1.29, 1.82) is 0 Å². The van der Waals surface area contributed by atoms with Gasteiger partial charge in [-0.25, -0.2) is 0 Å². The molecule has 0 saturated carbocycles. The molecule has 2 aliphatic rings. The van der Waals surface area contributed by atoms with Gasteiger partial charge in [-0.1, -0.05) is 27.7 Å². The molecule has 0 aromatic heterocycles. The maximum atomic E-state index is 5.93. The fourth-order valence-corrected chi connectivity index (χ4v) is 9.94. The maximum Gasteiger partial charge on any atom is 0.122 e. The number of benzene rings is 2. The van der Waals surface area contributed by atoms with Crippen LogP contribution in [0.2, 0.25) is 0 Å². The molecule has 0 aliphatic carbocycles. The molecule has 2 aromatic rings. The Bertz CT molecular complexity index is 925. The Morgan fingerprint density at radius 2 is 1.10 bits per heavy atom. The summed E-state index contributed by atoms with van der Waals surface area (Å²) in [7, 11) is 0. The summed E-state index contributed by atoms with van der Waals surface area (Å²) in [4.78, 5) is 2.85. The summed E-state index contributed by atoms with van der Waals surface area (Å²) in [5, 5.41) is 0. The van der Waals surface area contributed by atoms with Crippen LogP contribution in [-0.2, 0) is 10.8 Å². The predicted octanol–water partition coefficient (Wildman–Crippen LogP) is 8.04. The van der Waals surface area contributed by atoms with E-state index in [0.717, 1.165) is 24.3 Å². The van der Waals surface area contributed by atoms with Gasteiger partial charge in [0.25, 0.3) is 0 Å². The van der Waals surface area contributed by atoms with Gasteiger partial charge in [0.2, 0.25) is 0 Å². The Labute approximate surface area is 196 Å². The van der Waals surface area contributed by atoms with Gasteiger partial charge in [-0.3, -0.25) is 0 Å². The van der Waals surface area contributed by atoms with Crippen LogP contribution in [0.25, 0.3) is 0 Å². The molecular weight excluding hydrogens is 420 g/mol. The Balaban J connectivity index is 1.78. The minimum atomic E-state index is 0.0982. The molecule has 4 heteroatoms. The Morgan fingerprint density at radius 1 is 0.710 bits per heavy atom. The van der Waals surface area contributed by atoms with Crippen molar-refractivity contribution >= 4 is 23.5 Å². The van der Waals surface area contributed by atoms with Crippen LogP contribution in [0.3, 0.4) is 0 Å². The van der Waals surface area contributed by atoms with E-state index in [9.17, 15) is 0 Å². The molecule has 2 aromatic carbocycles. The zero-order valence-electron chi connectivity index (χ0n) is 20.3. The second kappa shape index (κ2) is 7.95. The third-order valence-electron chi connectivity index (χ3n) is 6.63. The smallest absolute Gasteiger partial charge is 0.122 e. The lowest BCUT2D eigenvalue weighted by atomic mass is 9.73. The molecule has 0 fully saturated rings. The van der Waals surface area contributed by atoms with Gasteiger partial charge in [-0.2, -0.15) is 0 Å². The highest BCUT2D eigenvalue weighted by molar-refractivity contribution is 8.18. The molecule has 0 bridgehead atoms. The average molecular weight is 457 g/mol. The molecule has 0 saturated heterocycles. The number of fused-ring (bicyclic) bond motifs is 2. The molecule has 168 valence electrons. The summed E-state index contributed by atoms with van der Waals surface area (Å²) in [5.41, 5.74) is 5.54. The molecule has 0 amide bonds. The summed E-state index contributed by atoms with van der Waals surface area (Å²) in [6, 6.07) is 9.33. The van der Waals surface area contributed by atoms with Crippen molar-refractivity contribution in [2.45, 2.75) is 92.9 Å². The second-order valence-electron chi connectivity index (χ2n) is 10.3. The van der Waals surface area contributed by atoms with Crippen molar-refractivity contribution in [3.63, 3.8) is 0 Å². The molecule has 2 heterocycles. The summed E-state index contributed by atoms with van der Waals surface area (Å²) >= 11 is 4.17. The van der Waals surface area contributed by atoms with Crippen LogP contribution < -0.4 is 9.47 Å². The van der Waals surface area contributed by atoms with Gasteiger partial charge in [0.05, 0.1) is 17.3 Å². The van der Waals surface area contributed by atoms with Crippen LogP contribution in [0, 0.1) is 13.8 Å². The first kappa shape index (κ1) is 22.9. The third-order valence-corrected chi connectivity index (χ3v) is 9.56. The molecule has 0 unspecified atom stereocenters. The van der Waals surface area contributed by atoms with E-state index in [2.05, 4.69) is 103 Å². The monoisotopic (exact) mass is 456 g/mol. The van der Waals surface area contributed by atoms with Gasteiger partial charge in [0.15, 0.2) is 0 Å². The standard InChI is InChI=1S/C27H36O2S2/c1-9-28-21-13-19-23(11-17(21)3)30-27(15-25(19,5)6)16-26(7,8)20-14-22(29-10-2)18(4)12-24(20)31-27/h11-14H,9-10,15-16H2,1-8H3. The van der Waals surface area contributed by atoms with Crippen molar-refractivity contribution in [3.8, 4) is 11.5 Å². The molecule has 2 aliphatic heterocycles. The van der Waals surface area contributed by atoms with Crippen LogP contribution in [0.15, 0.2) is 34.1 Å². The first-order valence-electron chi connectivity index (χ1n) is 11.4. The Hall–Kier alpha value is -1.26. The number of hydrogen-bond acceptors (Lipinski definition) is 4. The highest BCUT2D eigenvalue weighted by Gasteiger charge is 2.51. The highest BCUT2D eigenvalue weighted by atomic mass is 32.2. The van der Waals surface area contributed by atoms with E-state index in [0.29, 0.717) is 13.2 Å². The largest absolute Gasteiger partial charge is 0.494 e. The molecular formula is C27H36O2S2. The van der Waals surface area contributed by atoms with Crippen molar-refractivity contribution in [2.75, 3.05) is 13.2 Å². The SMILES string of the molecule is CCOc1cc2c(cc1C)SC1(CC2(C)C)CC(C)(C)c2cc(OCC)c(C)cc2S1. The van der Waals surface area contributed by atoms with E-state index in [-0.39, 0.29) is 14.9 Å². The fourth-order valence-electron chi connectivity index (χ4n) is 5.34. The lowest BCUT2D eigenvalue weighted by molar-refractivity contribution is 0.329. The molecule has 2 nitrogen and oxygen atoms in total. The first-order chi connectivity index (χ1) is 14.5. The first-order valence-corrected chi connectivity index (χ1v) is 13.1. The van der Waals surface area contributed by atoms with Crippen LogP contribution in [0.5, 0.6) is 11.5 Å². The van der Waals surface area contributed by atoms with Crippen molar-refractivity contribution in [1.82, 2.24) is 0 Å². The summed E-state index contributed by atoms with van der Waals surface area (Å²) < 4.78 is 12.0. The zero-order valence-corrected chi connectivity index (χ0v) is 21.9. The van der Waals surface area contributed by atoms with Gasteiger partial charge in [0.1, 0.15) is 11.5 Å². The minimum absolute atomic E-state index is 0.0982. The molecule has 0 radical (unpaired) electrons. The number of aryl methyl sites for hydroxylation is 2. The number of ether oxygens (including phenoxy) is 2. The molecule has 31 heavy (non-hydrogen) atoms. The minimum Gasteiger partial charge on any atom is -0.494 e. The fraction of sp³-hybridized carbons (Fsp3) is 0.556. The van der Waals surface area contributed by atoms with E-state index in [1.54, 1.807) is 0 Å². The van der Waals surface area contributed by atoms with Crippen LogP contribution >= 0.6 is 23.5 Å². The lowest BCUT2D eigenvalue weighted by Crippen LogP contribution is -2.42. The van der Waals surface area contributed by atoms with E-state index >= 15 is 0 Å².